The van der Waals surface area contributed by atoms with Crippen molar-refractivity contribution in [2.75, 3.05) is 43.1 Å². The molecule has 14 nitrogen and oxygen atoms in total. The van der Waals surface area contributed by atoms with Crippen molar-refractivity contribution in [3.63, 3.8) is 0 Å². The van der Waals surface area contributed by atoms with E-state index in [1.807, 2.05) is 4.90 Å². The molecule has 4 rings (SSSR count). The van der Waals surface area contributed by atoms with Gasteiger partial charge in [0, 0.05) is 31.8 Å². The number of nitrogens with one attached hydrogen (secondary N) is 2. The van der Waals surface area contributed by atoms with Crippen LogP contribution in [0.2, 0.25) is 5.02 Å². The average Bonchev–Trinajstić information content (AvgIpc) is 3.49. The van der Waals surface area contributed by atoms with Gasteiger partial charge in [0.15, 0.2) is 6.61 Å². The predicted octanol–water partition coefficient (Wildman–Crippen LogP) is 5.22. The number of anilines is 2. The highest BCUT2D eigenvalue weighted by molar-refractivity contribution is 6.32. The van der Waals surface area contributed by atoms with Crippen molar-refractivity contribution in [2.24, 2.45) is 0 Å². The Kier molecular flexibility index (Phi) is 12.1. The van der Waals surface area contributed by atoms with Crippen LogP contribution in [0.4, 0.5) is 21.0 Å². The van der Waals surface area contributed by atoms with Gasteiger partial charge in [-0.25, -0.2) is 23.9 Å². The van der Waals surface area contributed by atoms with E-state index in [1.54, 1.807) is 77.9 Å². The summed E-state index contributed by atoms with van der Waals surface area (Å²) in [5.41, 5.74) is -0.190. The Morgan fingerprint density at radius 2 is 1.67 bits per heavy atom. The fraction of sp³-hybridized carbons (Fsp3) is 0.441. The zero-order valence-electron chi connectivity index (χ0n) is 28.4. The van der Waals surface area contributed by atoms with Gasteiger partial charge in [-0.1, -0.05) is 23.7 Å². The third-order valence-electron chi connectivity index (χ3n) is 6.64. The molecule has 0 spiro atoms. The molecule has 0 saturated carbocycles. The van der Waals surface area contributed by atoms with Crippen molar-refractivity contribution in [3.05, 3.63) is 65.7 Å². The van der Waals surface area contributed by atoms with E-state index in [1.165, 1.54) is 18.6 Å². The number of carbonyl (C=O) groups is 4. The topological polar surface area (TPSA) is 160 Å². The van der Waals surface area contributed by atoms with Crippen LogP contribution in [0.5, 0.6) is 11.5 Å². The van der Waals surface area contributed by atoms with Crippen LogP contribution in [0.25, 0.3) is 0 Å². The van der Waals surface area contributed by atoms with Gasteiger partial charge in [0.25, 0.3) is 5.91 Å². The SMILES string of the molecule is CC(C)(C)OC(=O)N[C@@H](Cc1cn(C(=O)OC(C)(C)C)cn1)C(=O)Oc1ccc(NC(=O)COc2ccccc2Cl)c(N2CCOCC2)c1. The molecular weight excluding hydrogens is 658 g/mol. The lowest BCUT2D eigenvalue weighted by Gasteiger charge is -2.31. The van der Waals surface area contributed by atoms with E-state index in [0.717, 1.165) is 4.57 Å². The summed E-state index contributed by atoms with van der Waals surface area (Å²) in [7, 11) is 0. The lowest BCUT2D eigenvalue weighted by Crippen LogP contribution is -2.46. The fourth-order valence-electron chi connectivity index (χ4n) is 4.56. The Labute approximate surface area is 289 Å². The van der Waals surface area contributed by atoms with Crippen molar-refractivity contribution in [1.29, 1.82) is 0 Å². The summed E-state index contributed by atoms with van der Waals surface area (Å²) in [6.07, 6.45) is 1.06. The normalized spacial score (nSPS) is 14.0. The number of halogens is 1. The summed E-state index contributed by atoms with van der Waals surface area (Å²) in [6.45, 7) is 12.0. The largest absolute Gasteiger partial charge is 0.482 e. The second-order valence-corrected chi connectivity index (χ2v) is 13.5. The molecule has 0 unspecified atom stereocenters. The van der Waals surface area contributed by atoms with E-state index in [2.05, 4.69) is 15.6 Å². The molecule has 0 radical (unpaired) electrons. The quantitative estimate of drug-likeness (QED) is 0.211. The van der Waals surface area contributed by atoms with Crippen LogP contribution in [0.1, 0.15) is 47.2 Å². The number of para-hydroxylation sites is 1. The van der Waals surface area contributed by atoms with E-state index in [0.29, 0.717) is 54.1 Å². The van der Waals surface area contributed by atoms with Gasteiger partial charge in [-0.2, -0.15) is 0 Å². The van der Waals surface area contributed by atoms with Crippen molar-refractivity contribution in [2.45, 2.75) is 65.2 Å². The summed E-state index contributed by atoms with van der Waals surface area (Å²) < 4.78 is 28.7. The first-order chi connectivity index (χ1) is 23.1. The molecule has 2 amide bonds. The molecule has 15 heteroatoms. The highest BCUT2D eigenvalue weighted by Crippen LogP contribution is 2.32. The van der Waals surface area contributed by atoms with Crippen LogP contribution in [0.15, 0.2) is 55.0 Å². The second-order valence-electron chi connectivity index (χ2n) is 13.1. The Hall–Kier alpha value is -4.82. The minimum Gasteiger partial charge on any atom is -0.482 e. The Balaban J connectivity index is 1.53. The molecule has 1 aliphatic rings. The number of aromatic nitrogens is 2. The first-order valence-electron chi connectivity index (χ1n) is 15.7. The smallest absolute Gasteiger partial charge is 0.419 e. The summed E-state index contributed by atoms with van der Waals surface area (Å²) >= 11 is 6.14. The Morgan fingerprint density at radius 3 is 2.35 bits per heavy atom. The van der Waals surface area contributed by atoms with Crippen LogP contribution >= 0.6 is 11.6 Å². The van der Waals surface area contributed by atoms with E-state index in [-0.39, 0.29) is 18.8 Å². The number of benzene rings is 2. The van der Waals surface area contributed by atoms with Crippen LogP contribution in [-0.4, -0.2) is 83.8 Å². The fourth-order valence-corrected chi connectivity index (χ4v) is 4.75. The number of hydrogen-bond acceptors (Lipinski definition) is 11. The zero-order chi connectivity index (χ0) is 35.8. The number of amides is 2. The van der Waals surface area contributed by atoms with E-state index < -0.39 is 41.3 Å². The number of imidazole rings is 1. The summed E-state index contributed by atoms with van der Waals surface area (Å²) in [5.74, 6) is -0.699. The number of nitrogens with zero attached hydrogens (tertiary/aromatic N) is 3. The van der Waals surface area contributed by atoms with Gasteiger partial charge in [-0.05, 0) is 65.8 Å². The zero-order valence-corrected chi connectivity index (χ0v) is 29.2. The van der Waals surface area contributed by atoms with Crippen LogP contribution in [0, 0.1) is 0 Å². The van der Waals surface area contributed by atoms with Crippen LogP contribution < -0.4 is 25.0 Å². The van der Waals surface area contributed by atoms with E-state index >= 15 is 0 Å². The molecule has 1 fully saturated rings. The predicted molar refractivity (Wildman–Crippen MR) is 181 cm³/mol. The monoisotopic (exact) mass is 699 g/mol. The third kappa shape index (κ3) is 11.7. The highest BCUT2D eigenvalue weighted by atomic mass is 35.5. The van der Waals surface area contributed by atoms with Gasteiger partial charge in [-0.15, -0.1) is 0 Å². The molecule has 1 atom stereocenters. The van der Waals surface area contributed by atoms with Gasteiger partial charge in [0.2, 0.25) is 0 Å². The van der Waals surface area contributed by atoms with Gasteiger partial charge < -0.3 is 39.2 Å². The van der Waals surface area contributed by atoms with Crippen molar-refractivity contribution in [1.82, 2.24) is 14.9 Å². The van der Waals surface area contributed by atoms with Crippen LogP contribution in [0.3, 0.4) is 0 Å². The maximum Gasteiger partial charge on any atom is 0.419 e. The molecule has 264 valence electrons. The maximum atomic E-state index is 13.6. The molecule has 3 aromatic rings. The van der Waals surface area contributed by atoms with Crippen molar-refractivity contribution < 1.29 is 42.9 Å². The number of rotatable bonds is 10. The van der Waals surface area contributed by atoms with Gasteiger partial charge in [0.1, 0.15) is 35.1 Å². The third-order valence-corrected chi connectivity index (χ3v) is 6.95. The Morgan fingerprint density at radius 1 is 0.980 bits per heavy atom. The van der Waals surface area contributed by atoms with E-state index in [4.69, 9.17) is 35.3 Å². The van der Waals surface area contributed by atoms with E-state index in [9.17, 15) is 19.2 Å². The number of carbonyl (C=O) groups excluding carboxylic acids is 4. The maximum absolute atomic E-state index is 13.6. The lowest BCUT2D eigenvalue weighted by atomic mass is 10.1. The molecule has 1 aliphatic heterocycles. The van der Waals surface area contributed by atoms with Crippen molar-refractivity contribution in [3.8, 4) is 11.5 Å². The molecule has 0 bridgehead atoms. The number of hydrogen-bond donors (Lipinski definition) is 2. The molecule has 2 heterocycles. The molecule has 49 heavy (non-hydrogen) atoms. The first-order valence-corrected chi connectivity index (χ1v) is 16.1. The van der Waals surface area contributed by atoms with Gasteiger partial charge in [0.05, 0.1) is 35.3 Å². The minimum absolute atomic E-state index is 0.121. The molecule has 1 aromatic heterocycles. The minimum atomic E-state index is -1.25. The molecule has 2 N–H and O–H groups in total. The summed E-state index contributed by atoms with van der Waals surface area (Å²) in [6, 6.07) is 10.3. The molecular formula is C34H42ClN5O9. The first kappa shape index (κ1) is 37.0. The second kappa shape index (κ2) is 16.1. The van der Waals surface area contributed by atoms with Crippen molar-refractivity contribution >= 4 is 47.0 Å². The number of ether oxygens (including phenoxy) is 5. The number of alkyl carbamates (subject to hydrolysis) is 1. The number of morpholine rings is 1. The summed E-state index contributed by atoms with van der Waals surface area (Å²) in [5, 5.41) is 5.79. The average molecular weight is 700 g/mol. The lowest BCUT2D eigenvalue weighted by molar-refractivity contribution is -0.136. The van der Waals surface area contributed by atoms with Crippen LogP contribution in [-0.2, 0) is 30.2 Å². The molecule has 0 aliphatic carbocycles. The number of esters is 1. The highest BCUT2D eigenvalue weighted by Gasteiger charge is 2.29. The molecule has 2 aromatic carbocycles. The summed E-state index contributed by atoms with van der Waals surface area (Å²) in [4.78, 5) is 57.9. The molecule has 1 saturated heterocycles. The Bertz CT molecular complexity index is 1640. The standard InChI is InChI=1S/C34H42ClN5O9/c1-33(2,3)48-31(43)38-26(17-22-19-40(21-36-22)32(44)49-34(4,5)6)30(42)47-23-11-12-25(27(18-23)39-13-15-45-16-14-39)37-29(41)20-46-28-10-8-7-9-24(28)35/h7-12,18-19,21,26H,13-17,20H2,1-6H3,(H,37,41)(H,38,43)/t26-/m0/s1. The van der Waals surface area contributed by atoms with Gasteiger partial charge in [-0.3, -0.25) is 4.79 Å². The van der Waals surface area contributed by atoms with Gasteiger partial charge >= 0.3 is 18.2 Å².